The van der Waals surface area contributed by atoms with Gasteiger partial charge in [-0.1, -0.05) is 111 Å². The Balaban J connectivity index is 2.19. The summed E-state index contributed by atoms with van der Waals surface area (Å²) in [6.45, 7) is 7.01. The maximum atomic E-state index is 12.9. The van der Waals surface area contributed by atoms with E-state index >= 15 is 0 Å². The van der Waals surface area contributed by atoms with Crippen molar-refractivity contribution in [2.45, 2.75) is 57.7 Å². The molecule has 0 aliphatic rings. The van der Waals surface area contributed by atoms with E-state index in [2.05, 4.69) is 62.5 Å². The van der Waals surface area contributed by atoms with Crippen LogP contribution in [0.1, 0.15) is 49.4 Å². The summed E-state index contributed by atoms with van der Waals surface area (Å²) in [5.74, 6) is 0.255. The first-order valence-corrected chi connectivity index (χ1v) is 12.9. The van der Waals surface area contributed by atoms with E-state index in [0.717, 1.165) is 12.0 Å². The Morgan fingerprint density at radius 3 is 2.19 bits per heavy atom. The van der Waals surface area contributed by atoms with Crippen LogP contribution in [0.25, 0.3) is 0 Å². The molecule has 0 aliphatic carbocycles. The third kappa shape index (κ3) is 5.81. The summed E-state index contributed by atoms with van der Waals surface area (Å²) in [5, 5.41) is 1.42. The van der Waals surface area contributed by atoms with Gasteiger partial charge in [-0.05, 0) is 18.4 Å². The van der Waals surface area contributed by atoms with Crippen molar-refractivity contribution < 1.29 is 4.79 Å². The minimum absolute atomic E-state index is 0.255. The summed E-state index contributed by atoms with van der Waals surface area (Å²) in [6.07, 6.45) is 10.1. The van der Waals surface area contributed by atoms with Gasteiger partial charge in [0.25, 0.3) is 0 Å². The lowest BCUT2D eigenvalue weighted by atomic mass is 10.1. The maximum absolute atomic E-state index is 12.9. The fraction of sp³-hybridized carbons (Fsp3) is 0.375. The average Bonchev–Trinajstić information content (AvgIpc) is 2.68. The van der Waals surface area contributed by atoms with Gasteiger partial charge in [-0.3, -0.25) is 4.79 Å². The molecule has 26 heavy (non-hydrogen) atoms. The smallest absolute Gasteiger partial charge is 0.163 e. The molecule has 0 spiro atoms. The molecule has 138 valence electrons. The van der Waals surface area contributed by atoms with Crippen LogP contribution in [0.4, 0.5) is 0 Å². The van der Waals surface area contributed by atoms with E-state index in [1.807, 2.05) is 30.3 Å². The number of carbonyl (C=O) groups excluding carboxylic acids is 1. The van der Waals surface area contributed by atoms with Crippen LogP contribution in [0.5, 0.6) is 0 Å². The van der Waals surface area contributed by atoms with Gasteiger partial charge in [0.2, 0.25) is 0 Å². The van der Waals surface area contributed by atoms with Crippen LogP contribution >= 0.6 is 0 Å². The molecule has 0 fully saturated rings. The van der Waals surface area contributed by atoms with Crippen molar-refractivity contribution in [1.82, 2.24) is 0 Å². The zero-order valence-electron chi connectivity index (χ0n) is 16.4. The van der Waals surface area contributed by atoms with E-state index in [9.17, 15) is 4.79 Å². The predicted molar refractivity (Wildman–Crippen MR) is 116 cm³/mol. The van der Waals surface area contributed by atoms with E-state index < -0.39 is 8.07 Å². The minimum atomic E-state index is -1.78. The van der Waals surface area contributed by atoms with Crippen LogP contribution < -0.4 is 5.19 Å². The van der Waals surface area contributed by atoms with E-state index in [0.29, 0.717) is 12.0 Å². The highest BCUT2D eigenvalue weighted by Gasteiger charge is 2.33. The summed E-state index contributed by atoms with van der Waals surface area (Å²) in [7, 11) is -1.78. The molecule has 2 rings (SSSR count). The largest absolute Gasteiger partial charge is 0.294 e. The highest BCUT2D eigenvalue weighted by atomic mass is 28.3. The lowest BCUT2D eigenvalue weighted by molar-refractivity contribution is 0.0983. The van der Waals surface area contributed by atoms with Crippen LogP contribution in [-0.2, 0) is 0 Å². The zero-order chi connectivity index (χ0) is 18.8. The van der Waals surface area contributed by atoms with Crippen LogP contribution in [0.2, 0.25) is 18.6 Å². The molecule has 2 heteroatoms. The third-order valence-corrected chi connectivity index (χ3v) is 9.36. The van der Waals surface area contributed by atoms with Gasteiger partial charge in [-0.25, -0.2) is 0 Å². The van der Waals surface area contributed by atoms with E-state index in [1.165, 1.54) is 24.4 Å². The SMILES string of the molecule is CCCCC/C=C/[C@H](CC(=O)c1ccccc1)[Si](C)(C)c1ccccc1. The molecule has 2 aromatic rings. The lowest BCUT2D eigenvalue weighted by Gasteiger charge is -2.31. The number of hydrogen-bond acceptors (Lipinski definition) is 1. The topological polar surface area (TPSA) is 17.1 Å². The number of ketones is 1. The van der Waals surface area contributed by atoms with Crippen molar-refractivity contribution in [3.05, 3.63) is 78.4 Å². The Kier molecular flexibility index (Phi) is 8.05. The van der Waals surface area contributed by atoms with Crippen LogP contribution in [0.3, 0.4) is 0 Å². The Hall–Kier alpha value is -1.93. The maximum Gasteiger partial charge on any atom is 0.163 e. The summed E-state index contributed by atoms with van der Waals surface area (Å²) in [5.41, 5.74) is 1.15. The summed E-state index contributed by atoms with van der Waals surface area (Å²) in [4.78, 5) is 12.9. The lowest BCUT2D eigenvalue weighted by Crippen LogP contribution is -2.46. The van der Waals surface area contributed by atoms with Gasteiger partial charge >= 0.3 is 0 Å². The summed E-state index contributed by atoms with van der Waals surface area (Å²) >= 11 is 0. The second kappa shape index (κ2) is 10.3. The number of carbonyl (C=O) groups is 1. The molecule has 0 unspecified atom stereocenters. The van der Waals surface area contributed by atoms with Crippen molar-refractivity contribution >= 4 is 19.0 Å². The first-order valence-electron chi connectivity index (χ1n) is 9.86. The second-order valence-electron chi connectivity index (χ2n) is 7.61. The fourth-order valence-electron chi connectivity index (χ4n) is 3.36. The van der Waals surface area contributed by atoms with Gasteiger partial charge in [-0.15, -0.1) is 0 Å². The van der Waals surface area contributed by atoms with E-state index in [4.69, 9.17) is 0 Å². The van der Waals surface area contributed by atoms with Gasteiger partial charge in [0.15, 0.2) is 5.78 Å². The van der Waals surface area contributed by atoms with Crippen LogP contribution in [-0.4, -0.2) is 13.9 Å². The number of Topliss-reactive ketones (excluding diaryl/α,β-unsaturated/α-hetero) is 1. The molecule has 0 bridgehead atoms. The molecule has 1 nitrogen and oxygen atoms in total. The number of allylic oxidation sites excluding steroid dienone is 2. The third-order valence-electron chi connectivity index (χ3n) is 5.29. The fourth-order valence-corrected chi connectivity index (χ4v) is 6.15. The first kappa shape index (κ1) is 20.4. The van der Waals surface area contributed by atoms with Gasteiger partial charge in [-0.2, -0.15) is 0 Å². The van der Waals surface area contributed by atoms with Crippen molar-refractivity contribution in [1.29, 1.82) is 0 Å². The van der Waals surface area contributed by atoms with E-state index in [1.54, 1.807) is 0 Å². The minimum Gasteiger partial charge on any atom is -0.294 e. The monoisotopic (exact) mass is 364 g/mol. The van der Waals surface area contributed by atoms with Crippen molar-refractivity contribution in [2.24, 2.45) is 0 Å². The molecular formula is C24H32OSi. The van der Waals surface area contributed by atoms with Gasteiger partial charge < -0.3 is 0 Å². The van der Waals surface area contributed by atoms with Crippen LogP contribution in [0.15, 0.2) is 72.8 Å². The molecule has 0 heterocycles. The van der Waals surface area contributed by atoms with E-state index in [-0.39, 0.29) is 5.78 Å². The van der Waals surface area contributed by atoms with Crippen LogP contribution in [0, 0.1) is 0 Å². The molecule has 0 aliphatic heterocycles. The zero-order valence-corrected chi connectivity index (χ0v) is 17.4. The Labute approximate surface area is 160 Å². The molecule has 0 radical (unpaired) electrons. The summed E-state index contributed by atoms with van der Waals surface area (Å²) < 4.78 is 0. The Morgan fingerprint density at radius 1 is 0.962 bits per heavy atom. The van der Waals surface area contributed by atoms with Crippen molar-refractivity contribution in [3.63, 3.8) is 0 Å². The molecule has 0 aromatic heterocycles. The highest BCUT2D eigenvalue weighted by molar-refractivity contribution is 6.91. The molecule has 1 atom stereocenters. The Morgan fingerprint density at radius 2 is 1.58 bits per heavy atom. The molecule has 0 saturated heterocycles. The predicted octanol–water partition coefficient (Wildman–Crippen LogP) is 6.38. The van der Waals surface area contributed by atoms with Crippen molar-refractivity contribution in [3.8, 4) is 0 Å². The summed E-state index contributed by atoms with van der Waals surface area (Å²) in [6, 6.07) is 20.5. The number of hydrogen-bond donors (Lipinski definition) is 0. The molecular weight excluding hydrogens is 332 g/mol. The molecule has 0 saturated carbocycles. The normalized spacial score (nSPS) is 13.0. The molecule has 0 amide bonds. The van der Waals surface area contributed by atoms with Gasteiger partial charge in [0.1, 0.15) is 0 Å². The molecule has 0 N–H and O–H groups in total. The molecule has 2 aromatic carbocycles. The Bertz CT molecular complexity index is 689. The first-order chi connectivity index (χ1) is 12.6. The van der Waals surface area contributed by atoms with Gasteiger partial charge in [0.05, 0.1) is 8.07 Å². The quantitative estimate of drug-likeness (QED) is 0.207. The highest BCUT2D eigenvalue weighted by Crippen LogP contribution is 2.29. The number of rotatable bonds is 10. The number of benzene rings is 2. The van der Waals surface area contributed by atoms with Gasteiger partial charge in [0, 0.05) is 12.0 Å². The van der Waals surface area contributed by atoms with Crippen molar-refractivity contribution in [2.75, 3.05) is 0 Å². The second-order valence-corrected chi connectivity index (χ2v) is 12.4. The number of unbranched alkanes of at least 4 members (excludes halogenated alkanes) is 3. The average molecular weight is 365 g/mol. The standard InChI is InChI=1S/C24H32OSi/c1-4-5-6-7-12-19-23(20-24(25)21-15-10-8-11-16-21)26(2,3)22-17-13-9-14-18-22/h8-19,23H,4-7,20H2,1-3H3/b19-12+/t23-/m1/s1.